The highest BCUT2D eigenvalue weighted by Gasteiger charge is 2.31. The maximum atomic E-state index is 12.7. The van der Waals surface area contributed by atoms with Crippen molar-refractivity contribution in [2.24, 2.45) is 0 Å². The van der Waals surface area contributed by atoms with Crippen molar-refractivity contribution in [1.29, 1.82) is 0 Å². The Kier molecular flexibility index (Phi) is 5.34. The van der Waals surface area contributed by atoms with Crippen LogP contribution in [-0.2, 0) is 13.1 Å². The Morgan fingerprint density at radius 3 is 2.39 bits per heavy atom. The van der Waals surface area contributed by atoms with E-state index in [-0.39, 0.29) is 11.9 Å². The van der Waals surface area contributed by atoms with Gasteiger partial charge in [-0.1, -0.05) is 60.7 Å². The summed E-state index contributed by atoms with van der Waals surface area (Å²) < 4.78 is 0. The van der Waals surface area contributed by atoms with Crippen LogP contribution in [-0.4, -0.2) is 34.9 Å². The number of carbonyl (C=O) groups is 2. The smallest absolute Gasteiger partial charge is 0.326 e. The van der Waals surface area contributed by atoms with Crippen LogP contribution in [0.15, 0.2) is 66.0 Å². The number of nitrogens with one attached hydrogen (secondary N) is 1. The third kappa shape index (κ3) is 4.04. The Morgan fingerprint density at radius 2 is 1.68 bits per heavy atom. The summed E-state index contributed by atoms with van der Waals surface area (Å²) in [4.78, 5) is 32.9. The van der Waals surface area contributed by atoms with E-state index in [1.54, 1.807) is 15.2 Å². The molecule has 0 spiro atoms. The van der Waals surface area contributed by atoms with Crippen molar-refractivity contribution >= 4 is 28.4 Å². The van der Waals surface area contributed by atoms with Crippen LogP contribution >= 0.6 is 11.3 Å². The summed E-state index contributed by atoms with van der Waals surface area (Å²) in [6.07, 6.45) is 0. The summed E-state index contributed by atoms with van der Waals surface area (Å²) in [6, 6.07) is 19.5. The Hall–Kier alpha value is -3.19. The Morgan fingerprint density at radius 1 is 1.00 bits per heavy atom. The first kappa shape index (κ1) is 18.2. The normalized spacial score (nSPS) is 13.8. The third-order valence-corrected chi connectivity index (χ3v) is 5.43. The fraction of sp³-hybridized carbons (Fsp3) is 0.190. The first-order chi connectivity index (χ1) is 13.7. The number of hydrogen-bond donors (Lipinski definition) is 1. The van der Waals surface area contributed by atoms with Gasteiger partial charge in [0.25, 0.3) is 5.91 Å². The predicted molar refractivity (Wildman–Crippen MR) is 109 cm³/mol. The molecule has 0 unspecified atom stereocenters. The molecule has 0 radical (unpaired) electrons. The lowest BCUT2D eigenvalue weighted by atomic mass is 10.2. The molecule has 4 rings (SSSR count). The monoisotopic (exact) mass is 392 g/mol. The molecule has 2 heterocycles. The topological polar surface area (TPSA) is 65.5 Å². The number of thiazole rings is 1. The first-order valence-corrected chi connectivity index (χ1v) is 9.97. The van der Waals surface area contributed by atoms with Crippen LogP contribution in [0, 0.1) is 0 Å². The van der Waals surface area contributed by atoms with E-state index in [0.717, 1.165) is 11.1 Å². The number of hydrogen-bond acceptors (Lipinski definition) is 4. The van der Waals surface area contributed by atoms with E-state index in [4.69, 9.17) is 0 Å². The molecular formula is C21H20N4O2S. The van der Waals surface area contributed by atoms with Crippen molar-refractivity contribution in [3.8, 4) is 0 Å². The van der Waals surface area contributed by atoms with Crippen LogP contribution in [0.4, 0.5) is 9.93 Å². The summed E-state index contributed by atoms with van der Waals surface area (Å²) >= 11 is 1.32. The first-order valence-electron chi connectivity index (χ1n) is 9.09. The highest BCUT2D eigenvalue weighted by Crippen LogP contribution is 2.25. The van der Waals surface area contributed by atoms with Crippen molar-refractivity contribution in [3.05, 3.63) is 82.9 Å². The number of benzene rings is 2. The second kappa shape index (κ2) is 8.22. The number of urea groups is 1. The lowest BCUT2D eigenvalue weighted by Gasteiger charge is -2.16. The average Bonchev–Trinajstić information content (AvgIpc) is 3.35. The molecule has 3 amide bonds. The second-order valence-corrected chi connectivity index (χ2v) is 7.36. The van der Waals surface area contributed by atoms with Gasteiger partial charge in [0.05, 0.1) is 0 Å². The van der Waals surface area contributed by atoms with Crippen molar-refractivity contribution in [1.82, 2.24) is 15.2 Å². The lowest BCUT2D eigenvalue weighted by molar-refractivity contribution is 0.0946. The maximum Gasteiger partial charge on any atom is 0.326 e. The van der Waals surface area contributed by atoms with E-state index in [9.17, 15) is 9.59 Å². The number of rotatable bonds is 6. The number of aromatic nitrogens is 1. The molecular weight excluding hydrogens is 372 g/mol. The third-order valence-electron chi connectivity index (χ3n) is 4.56. The van der Waals surface area contributed by atoms with E-state index in [0.29, 0.717) is 37.0 Å². The largest absolute Gasteiger partial charge is 0.347 e. The maximum absolute atomic E-state index is 12.7. The van der Waals surface area contributed by atoms with Gasteiger partial charge in [-0.2, -0.15) is 0 Å². The molecule has 0 bridgehead atoms. The zero-order valence-corrected chi connectivity index (χ0v) is 16.1. The van der Waals surface area contributed by atoms with Gasteiger partial charge in [-0.3, -0.25) is 9.69 Å². The summed E-state index contributed by atoms with van der Waals surface area (Å²) in [7, 11) is 0. The van der Waals surface area contributed by atoms with Crippen LogP contribution in [0.3, 0.4) is 0 Å². The fourth-order valence-electron chi connectivity index (χ4n) is 3.07. The molecule has 142 valence electrons. The van der Waals surface area contributed by atoms with Crippen LogP contribution in [0.5, 0.6) is 0 Å². The van der Waals surface area contributed by atoms with Crippen LogP contribution in [0.25, 0.3) is 0 Å². The van der Waals surface area contributed by atoms with Gasteiger partial charge in [0, 0.05) is 31.6 Å². The SMILES string of the molecule is O=C(NCc1ccccc1)c1csc(N2CCN(Cc3ccccc3)C2=O)n1. The molecule has 1 fully saturated rings. The molecule has 3 aromatic rings. The lowest BCUT2D eigenvalue weighted by Crippen LogP contribution is -2.31. The molecule has 0 aliphatic carbocycles. The van der Waals surface area contributed by atoms with E-state index >= 15 is 0 Å². The molecule has 1 aliphatic rings. The summed E-state index contributed by atoms with van der Waals surface area (Å²) in [5, 5.41) is 5.12. The standard InChI is InChI=1S/C21H20N4O2S/c26-19(22-13-16-7-3-1-4-8-16)18-15-28-20(23-18)25-12-11-24(21(25)27)14-17-9-5-2-6-10-17/h1-10,15H,11-14H2,(H,22,26). The van der Waals surface area contributed by atoms with Gasteiger partial charge in [0.2, 0.25) is 0 Å². The highest BCUT2D eigenvalue weighted by atomic mass is 32.1. The van der Waals surface area contributed by atoms with Gasteiger partial charge in [-0.05, 0) is 11.1 Å². The Labute approximate surface area is 167 Å². The zero-order valence-electron chi connectivity index (χ0n) is 15.2. The van der Waals surface area contributed by atoms with Crippen LogP contribution in [0.2, 0.25) is 0 Å². The van der Waals surface area contributed by atoms with Crippen LogP contribution < -0.4 is 10.2 Å². The molecule has 0 atom stereocenters. The van der Waals surface area contributed by atoms with Gasteiger partial charge in [-0.25, -0.2) is 9.78 Å². The molecule has 7 heteroatoms. The molecule has 1 aliphatic heterocycles. The fourth-order valence-corrected chi connectivity index (χ4v) is 3.90. The van der Waals surface area contributed by atoms with E-state index in [1.807, 2.05) is 60.7 Å². The minimum atomic E-state index is -0.237. The number of anilines is 1. The number of nitrogens with zero attached hydrogens (tertiary/aromatic N) is 3. The zero-order chi connectivity index (χ0) is 19.3. The van der Waals surface area contributed by atoms with Crippen molar-refractivity contribution in [2.75, 3.05) is 18.0 Å². The molecule has 1 aromatic heterocycles. The molecule has 1 N–H and O–H groups in total. The van der Waals surface area contributed by atoms with Gasteiger partial charge in [0.15, 0.2) is 5.13 Å². The van der Waals surface area contributed by atoms with Crippen molar-refractivity contribution in [2.45, 2.75) is 13.1 Å². The highest BCUT2D eigenvalue weighted by molar-refractivity contribution is 7.14. The summed E-state index contributed by atoms with van der Waals surface area (Å²) in [5.41, 5.74) is 2.46. The van der Waals surface area contributed by atoms with Crippen molar-refractivity contribution < 1.29 is 9.59 Å². The molecule has 0 saturated carbocycles. The van der Waals surface area contributed by atoms with E-state index in [2.05, 4.69) is 10.3 Å². The molecule has 2 aromatic carbocycles. The average molecular weight is 392 g/mol. The van der Waals surface area contributed by atoms with Crippen LogP contribution in [0.1, 0.15) is 21.6 Å². The summed E-state index contributed by atoms with van der Waals surface area (Å²) in [5.74, 6) is -0.237. The number of carbonyl (C=O) groups excluding carboxylic acids is 2. The predicted octanol–water partition coefficient (Wildman–Crippen LogP) is 3.52. The van der Waals surface area contributed by atoms with Gasteiger partial charge >= 0.3 is 6.03 Å². The second-order valence-electron chi connectivity index (χ2n) is 6.52. The van der Waals surface area contributed by atoms with Gasteiger partial charge in [-0.15, -0.1) is 11.3 Å². The quantitative estimate of drug-likeness (QED) is 0.698. The van der Waals surface area contributed by atoms with Gasteiger partial charge < -0.3 is 10.2 Å². The van der Waals surface area contributed by atoms with Gasteiger partial charge in [0.1, 0.15) is 5.69 Å². The molecule has 1 saturated heterocycles. The minimum Gasteiger partial charge on any atom is -0.347 e. The van der Waals surface area contributed by atoms with E-state index < -0.39 is 0 Å². The minimum absolute atomic E-state index is 0.0746. The molecule has 6 nitrogen and oxygen atoms in total. The Balaban J connectivity index is 1.37. The molecule has 28 heavy (non-hydrogen) atoms. The van der Waals surface area contributed by atoms with Crippen molar-refractivity contribution in [3.63, 3.8) is 0 Å². The number of amides is 3. The van der Waals surface area contributed by atoms with E-state index in [1.165, 1.54) is 11.3 Å². The summed E-state index contributed by atoms with van der Waals surface area (Å²) in [6.45, 7) is 2.24. The Bertz CT molecular complexity index is 959.